The lowest BCUT2D eigenvalue weighted by Crippen LogP contribution is -2.39. The second-order valence-corrected chi connectivity index (χ2v) is 10.5. The highest BCUT2D eigenvalue weighted by molar-refractivity contribution is 7.07. The number of hydrogen-bond acceptors (Lipinski definition) is 10. The minimum absolute atomic E-state index is 0.0149. The number of rotatable bonds is 6. The molecule has 2 aromatic heterocycles. The third-order valence-electron chi connectivity index (χ3n) is 6.56. The number of allylic oxidation sites excluding steroid dienone is 1. The number of hydrogen-bond donors (Lipinski definition) is 0. The fourth-order valence-electron chi connectivity index (χ4n) is 4.71. The monoisotopic (exact) mass is 593 g/mol. The molecule has 0 saturated carbocycles. The van der Waals surface area contributed by atoms with E-state index in [-0.39, 0.29) is 35.2 Å². The van der Waals surface area contributed by atoms with Crippen molar-refractivity contribution in [2.24, 2.45) is 4.99 Å². The number of benzene rings is 2. The van der Waals surface area contributed by atoms with Crippen LogP contribution < -0.4 is 24.4 Å². The predicted molar refractivity (Wildman–Crippen MR) is 149 cm³/mol. The molecule has 208 valence electrons. The Morgan fingerprint density at radius 2 is 2.02 bits per heavy atom. The number of esters is 1. The summed E-state index contributed by atoms with van der Waals surface area (Å²) in [7, 11) is 0. The summed E-state index contributed by atoms with van der Waals surface area (Å²) in [6.45, 7) is 3.65. The lowest BCUT2D eigenvalue weighted by molar-refractivity contribution is -0.384. The van der Waals surface area contributed by atoms with Crippen molar-refractivity contribution in [2.45, 2.75) is 19.9 Å². The zero-order chi connectivity index (χ0) is 28.8. The first kappa shape index (κ1) is 26.5. The molecule has 13 heteroatoms. The predicted octanol–water partition coefficient (Wildman–Crippen LogP) is 4.35. The van der Waals surface area contributed by atoms with Crippen molar-refractivity contribution in [2.75, 3.05) is 13.4 Å². The van der Waals surface area contributed by atoms with Crippen LogP contribution in [0.4, 0.5) is 5.69 Å². The van der Waals surface area contributed by atoms with E-state index in [2.05, 4.69) is 4.99 Å². The van der Waals surface area contributed by atoms with Gasteiger partial charge in [0.2, 0.25) is 6.79 Å². The van der Waals surface area contributed by atoms with Crippen molar-refractivity contribution in [1.29, 1.82) is 0 Å². The van der Waals surface area contributed by atoms with Gasteiger partial charge >= 0.3 is 5.97 Å². The quantitative estimate of drug-likeness (QED) is 0.183. The second-order valence-electron chi connectivity index (χ2n) is 9.04. The molecule has 41 heavy (non-hydrogen) atoms. The Labute approximate surface area is 240 Å². The Balaban J connectivity index is 1.45. The molecule has 0 bridgehead atoms. The van der Waals surface area contributed by atoms with Gasteiger partial charge in [0, 0.05) is 17.7 Å². The van der Waals surface area contributed by atoms with Crippen LogP contribution >= 0.6 is 22.9 Å². The molecular weight excluding hydrogens is 574 g/mol. The van der Waals surface area contributed by atoms with Crippen LogP contribution in [-0.2, 0) is 9.53 Å². The van der Waals surface area contributed by atoms with E-state index >= 15 is 0 Å². The number of nitro benzene ring substituents is 1. The van der Waals surface area contributed by atoms with Crippen molar-refractivity contribution in [3.63, 3.8) is 0 Å². The number of ether oxygens (including phenoxy) is 3. The minimum Gasteiger partial charge on any atom is -0.463 e. The molecule has 2 aromatic carbocycles. The molecule has 0 spiro atoms. The molecule has 4 aromatic rings. The summed E-state index contributed by atoms with van der Waals surface area (Å²) in [6, 6.07) is 12.1. The number of furan rings is 1. The smallest absolute Gasteiger partial charge is 0.338 e. The summed E-state index contributed by atoms with van der Waals surface area (Å²) >= 11 is 7.08. The first-order chi connectivity index (χ1) is 19.7. The van der Waals surface area contributed by atoms with Gasteiger partial charge in [0.1, 0.15) is 16.5 Å². The molecule has 2 aliphatic heterocycles. The maximum absolute atomic E-state index is 13.8. The first-order valence-corrected chi connectivity index (χ1v) is 13.6. The number of carbonyl (C=O) groups excluding carboxylic acids is 1. The maximum Gasteiger partial charge on any atom is 0.338 e. The number of fused-ring (bicyclic) bond motifs is 2. The van der Waals surface area contributed by atoms with Crippen molar-refractivity contribution in [1.82, 2.24) is 4.57 Å². The van der Waals surface area contributed by atoms with Crippen molar-refractivity contribution >= 4 is 40.7 Å². The van der Waals surface area contributed by atoms with Crippen LogP contribution in [0.15, 0.2) is 74.0 Å². The highest BCUT2D eigenvalue weighted by atomic mass is 35.5. The summed E-state index contributed by atoms with van der Waals surface area (Å²) < 4.78 is 24.0. The van der Waals surface area contributed by atoms with Crippen LogP contribution in [0.5, 0.6) is 11.5 Å². The zero-order valence-electron chi connectivity index (χ0n) is 21.6. The zero-order valence-corrected chi connectivity index (χ0v) is 23.2. The number of thiazole rings is 1. The van der Waals surface area contributed by atoms with Crippen LogP contribution in [0.3, 0.4) is 0 Å². The summed E-state index contributed by atoms with van der Waals surface area (Å²) in [4.78, 5) is 42.6. The lowest BCUT2D eigenvalue weighted by atomic mass is 9.95. The number of carbonyl (C=O) groups is 1. The number of nitro groups is 1. The average Bonchev–Trinajstić information content (AvgIpc) is 3.67. The SMILES string of the molecule is CCOC(=O)C1=C(C)N=c2sc(=Cc3ccc(-c4ccc(Cl)c([N+](=O)[O-])c4)o3)c(=O)n2C1c1ccc2c(c1)OCO2. The maximum atomic E-state index is 13.8. The molecular formula is C28H20ClN3O8S. The van der Waals surface area contributed by atoms with E-state index in [1.807, 2.05) is 0 Å². The van der Waals surface area contributed by atoms with E-state index in [4.69, 9.17) is 30.2 Å². The molecule has 0 aliphatic carbocycles. The molecule has 4 heterocycles. The number of halogens is 1. The molecule has 0 radical (unpaired) electrons. The molecule has 1 atom stereocenters. The van der Waals surface area contributed by atoms with Gasteiger partial charge in [-0.05, 0) is 55.8 Å². The van der Waals surface area contributed by atoms with Gasteiger partial charge in [-0.1, -0.05) is 29.0 Å². The number of aromatic nitrogens is 1. The highest BCUT2D eigenvalue weighted by Gasteiger charge is 2.34. The van der Waals surface area contributed by atoms with Gasteiger partial charge in [-0.3, -0.25) is 19.5 Å². The van der Waals surface area contributed by atoms with Gasteiger partial charge in [0.15, 0.2) is 16.3 Å². The Kier molecular flexibility index (Phi) is 6.72. The molecule has 0 saturated heterocycles. The van der Waals surface area contributed by atoms with E-state index in [0.717, 1.165) is 11.3 Å². The van der Waals surface area contributed by atoms with Crippen LogP contribution in [0, 0.1) is 10.1 Å². The Morgan fingerprint density at radius 1 is 1.22 bits per heavy atom. The molecule has 2 aliphatic rings. The lowest BCUT2D eigenvalue weighted by Gasteiger charge is -2.24. The summed E-state index contributed by atoms with van der Waals surface area (Å²) in [6.07, 6.45) is 1.57. The Bertz CT molecular complexity index is 1950. The van der Waals surface area contributed by atoms with Gasteiger partial charge in [-0.15, -0.1) is 0 Å². The average molecular weight is 594 g/mol. The van der Waals surface area contributed by atoms with Crippen molar-refractivity contribution < 1.29 is 28.3 Å². The molecule has 11 nitrogen and oxygen atoms in total. The molecule has 0 amide bonds. The van der Waals surface area contributed by atoms with Gasteiger partial charge in [-0.25, -0.2) is 9.79 Å². The highest BCUT2D eigenvalue weighted by Crippen LogP contribution is 2.38. The third-order valence-corrected chi connectivity index (χ3v) is 7.86. The fourth-order valence-corrected chi connectivity index (χ4v) is 5.92. The van der Waals surface area contributed by atoms with Crippen LogP contribution in [0.1, 0.15) is 31.2 Å². The first-order valence-electron chi connectivity index (χ1n) is 12.4. The topological polar surface area (TPSA) is 135 Å². The number of nitrogens with zero attached hydrogens (tertiary/aromatic N) is 3. The fraction of sp³-hybridized carbons (Fsp3) is 0.179. The van der Waals surface area contributed by atoms with E-state index in [0.29, 0.717) is 49.2 Å². The molecule has 0 fully saturated rings. The second kappa shape index (κ2) is 10.4. The van der Waals surface area contributed by atoms with Crippen molar-refractivity contribution in [3.05, 3.63) is 106 Å². The van der Waals surface area contributed by atoms with Gasteiger partial charge in [-0.2, -0.15) is 0 Å². The normalized spacial score (nSPS) is 16.0. The van der Waals surface area contributed by atoms with Crippen LogP contribution in [0.25, 0.3) is 17.4 Å². The Hall–Kier alpha value is -4.68. The van der Waals surface area contributed by atoms with E-state index in [9.17, 15) is 19.7 Å². The molecule has 0 N–H and O–H groups in total. The van der Waals surface area contributed by atoms with Gasteiger partial charge in [0.05, 0.1) is 33.4 Å². The summed E-state index contributed by atoms with van der Waals surface area (Å²) in [5, 5.41) is 11.3. The van der Waals surface area contributed by atoms with Gasteiger partial charge in [0.25, 0.3) is 11.2 Å². The van der Waals surface area contributed by atoms with E-state index < -0.39 is 16.9 Å². The third kappa shape index (κ3) is 4.70. The van der Waals surface area contributed by atoms with Crippen molar-refractivity contribution in [3.8, 4) is 22.8 Å². The van der Waals surface area contributed by atoms with Gasteiger partial charge < -0.3 is 18.6 Å². The largest absolute Gasteiger partial charge is 0.463 e. The molecule has 6 rings (SSSR count). The Morgan fingerprint density at radius 3 is 2.80 bits per heavy atom. The van der Waals surface area contributed by atoms with E-state index in [1.165, 1.54) is 16.7 Å². The van der Waals surface area contributed by atoms with E-state index in [1.54, 1.807) is 56.3 Å². The minimum atomic E-state index is -0.816. The van der Waals surface area contributed by atoms with Crippen LogP contribution in [-0.4, -0.2) is 28.9 Å². The summed E-state index contributed by atoms with van der Waals surface area (Å²) in [5.74, 6) is 1.22. The van der Waals surface area contributed by atoms with Crippen LogP contribution in [0.2, 0.25) is 5.02 Å². The standard InChI is InChI=1S/C28H20ClN3O8S/c1-3-37-27(34)24-14(2)30-28-31(25(24)16-5-8-21-22(11-16)39-13-38-21)26(33)23(41-28)12-17-6-9-20(40-17)15-4-7-18(29)19(10-15)32(35)36/h4-12,25H,3,13H2,1-2H3. The molecule has 1 unspecified atom stereocenters. The summed E-state index contributed by atoms with van der Waals surface area (Å²) in [5.41, 5.74) is 1.14.